The number of aromatic nitrogens is 2. The van der Waals surface area contributed by atoms with Crippen LogP contribution in [0, 0.1) is 13.8 Å². The number of carbonyl (C=O) groups excluding carboxylic acids is 1. The predicted molar refractivity (Wildman–Crippen MR) is 97.8 cm³/mol. The van der Waals surface area contributed by atoms with E-state index in [1.165, 1.54) is 5.56 Å². The number of nitrogens with zero attached hydrogens (tertiary/aromatic N) is 2. The van der Waals surface area contributed by atoms with Gasteiger partial charge in [0.15, 0.2) is 6.61 Å². The van der Waals surface area contributed by atoms with Gasteiger partial charge in [0.25, 0.3) is 5.91 Å². The van der Waals surface area contributed by atoms with Crippen molar-refractivity contribution in [3.63, 3.8) is 0 Å². The van der Waals surface area contributed by atoms with Crippen molar-refractivity contribution in [1.29, 1.82) is 0 Å². The predicted octanol–water partition coefficient (Wildman–Crippen LogP) is 3.57. The zero-order chi connectivity index (χ0) is 17.6. The summed E-state index contributed by atoms with van der Waals surface area (Å²) >= 11 is 0. The van der Waals surface area contributed by atoms with Crippen LogP contribution in [0.25, 0.3) is 0 Å². The van der Waals surface area contributed by atoms with Gasteiger partial charge in [-0.3, -0.25) is 4.79 Å². The highest BCUT2D eigenvalue weighted by atomic mass is 16.5. The highest BCUT2D eigenvalue weighted by molar-refractivity contribution is 5.91. The maximum atomic E-state index is 12.2. The first-order chi connectivity index (χ1) is 12.1. The third kappa shape index (κ3) is 4.47. The van der Waals surface area contributed by atoms with Crippen LogP contribution in [-0.2, 0) is 11.3 Å². The standard InChI is InChI=1S/C20H21N3O2/c1-15-8-9-18(16(2)12-15)25-14-20(24)22-19-10-11-21-23(19)13-17-6-4-3-5-7-17/h3-12H,13-14H2,1-2H3,(H,22,24). The molecule has 0 saturated carbocycles. The fourth-order valence-corrected chi connectivity index (χ4v) is 2.60. The molecule has 5 heteroatoms. The number of carbonyl (C=O) groups is 1. The zero-order valence-electron chi connectivity index (χ0n) is 14.4. The van der Waals surface area contributed by atoms with Crippen molar-refractivity contribution >= 4 is 11.7 Å². The lowest BCUT2D eigenvalue weighted by molar-refractivity contribution is -0.118. The summed E-state index contributed by atoms with van der Waals surface area (Å²) in [5.74, 6) is 1.16. The Kier molecular flexibility index (Phi) is 5.14. The van der Waals surface area contributed by atoms with Gasteiger partial charge in [0, 0.05) is 6.07 Å². The largest absolute Gasteiger partial charge is 0.483 e. The number of rotatable bonds is 6. The summed E-state index contributed by atoms with van der Waals surface area (Å²) in [4.78, 5) is 12.2. The second-order valence-corrected chi connectivity index (χ2v) is 5.97. The van der Waals surface area contributed by atoms with Crippen LogP contribution in [0.3, 0.4) is 0 Å². The Labute approximate surface area is 147 Å². The molecule has 1 N–H and O–H groups in total. The van der Waals surface area contributed by atoms with Crippen LogP contribution in [-0.4, -0.2) is 22.3 Å². The molecule has 0 bridgehead atoms. The third-order valence-electron chi connectivity index (χ3n) is 3.85. The normalized spacial score (nSPS) is 10.5. The van der Waals surface area contributed by atoms with Gasteiger partial charge in [-0.05, 0) is 31.0 Å². The molecule has 1 amide bonds. The highest BCUT2D eigenvalue weighted by Gasteiger charge is 2.09. The number of nitrogens with one attached hydrogen (secondary N) is 1. The van der Waals surface area contributed by atoms with Crippen LogP contribution in [0.1, 0.15) is 16.7 Å². The number of benzene rings is 2. The van der Waals surface area contributed by atoms with Gasteiger partial charge < -0.3 is 10.1 Å². The molecule has 1 heterocycles. The van der Waals surface area contributed by atoms with E-state index in [2.05, 4.69) is 10.4 Å². The Hall–Kier alpha value is -3.08. The van der Waals surface area contributed by atoms with Gasteiger partial charge >= 0.3 is 0 Å². The number of amides is 1. The lowest BCUT2D eigenvalue weighted by atomic mass is 10.1. The van der Waals surface area contributed by atoms with Gasteiger partial charge in [0.1, 0.15) is 11.6 Å². The summed E-state index contributed by atoms with van der Waals surface area (Å²) < 4.78 is 7.37. The minimum absolute atomic E-state index is 0.0413. The van der Waals surface area contributed by atoms with E-state index in [1.54, 1.807) is 16.9 Å². The zero-order valence-corrected chi connectivity index (χ0v) is 14.4. The Bertz CT molecular complexity index is 856. The van der Waals surface area contributed by atoms with Crippen molar-refractivity contribution < 1.29 is 9.53 Å². The average Bonchev–Trinajstić information content (AvgIpc) is 3.02. The Morgan fingerprint density at radius 3 is 2.68 bits per heavy atom. The highest BCUT2D eigenvalue weighted by Crippen LogP contribution is 2.18. The minimum Gasteiger partial charge on any atom is -0.483 e. The van der Waals surface area contributed by atoms with E-state index in [-0.39, 0.29) is 12.5 Å². The van der Waals surface area contributed by atoms with Crippen LogP contribution in [0.2, 0.25) is 0 Å². The number of anilines is 1. The summed E-state index contributed by atoms with van der Waals surface area (Å²) in [6.07, 6.45) is 1.67. The van der Waals surface area contributed by atoms with Gasteiger partial charge in [-0.25, -0.2) is 4.68 Å². The molecule has 0 aliphatic carbocycles. The summed E-state index contributed by atoms with van der Waals surface area (Å²) in [6, 6.07) is 17.6. The maximum absolute atomic E-state index is 12.2. The maximum Gasteiger partial charge on any atom is 0.263 e. The van der Waals surface area contributed by atoms with Crippen molar-refractivity contribution in [3.05, 3.63) is 77.5 Å². The SMILES string of the molecule is Cc1ccc(OCC(=O)Nc2ccnn2Cc2ccccc2)c(C)c1. The molecule has 0 aliphatic rings. The van der Waals surface area contributed by atoms with Crippen molar-refractivity contribution in [2.24, 2.45) is 0 Å². The number of hydrogen-bond donors (Lipinski definition) is 1. The molecular formula is C20H21N3O2. The smallest absolute Gasteiger partial charge is 0.263 e. The summed E-state index contributed by atoms with van der Waals surface area (Å²) in [7, 11) is 0. The monoisotopic (exact) mass is 335 g/mol. The average molecular weight is 335 g/mol. The number of hydrogen-bond acceptors (Lipinski definition) is 3. The molecule has 3 rings (SSSR count). The third-order valence-corrected chi connectivity index (χ3v) is 3.85. The molecule has 0 spiro atoms. The van der Waals surface area contributed by atoms with E-state index in [9.17, 15) is 4.79 Å². The van der Waals surface area contributed by atoms with E-state index in [1.807, 2.05) is 62.4 Å². The molecule has 0 saturated heterocycles. The molecular weight excluding hydrogens is 314 g/mol. The molecule has 25 heavy (non-hydrogen) atoms. The molecule has 0 radical (unpaired) electrons. The second-order valence-electron chi connectivity index (χ2n) is 5.97. The van der Waals surface area contributed by atoms with Gasteiger partial charge in [-0.15, -0.1) is 0 Å². The first kappa shape index (κ1) is 16.8. The summed E-state index contributed by atoms with van der Waals surface area (Å²) in [5.41, 5.74) is 3.30. The van der Waals surface area contributed by atoms with Crippen LogP contribution >= 0.6 is 0 Å². The summed E-state index contributed by atoms with van der Waals surface area (Å²) in [5, 5.41) is 7.12. The Balaban J connectivity index is 1.59. The van der Waals surface area contributed by atoms with Crippen molar-refractivity contribution in [1.82, 2.24) is 9.78 Å². The second kappa shape index (κ2) is 7.66. The van der Waals surface area contributed by atoms with Crippen LogP contribution in [0.15, 0.2) is 60.8 Å². The van der Waals surface area contributed by atoms with Gasteiger partial charge in [-0.1, -0.05) is 48.0 Å². The van der Waals surface area contributed by atoms with E-state index < -0.39 is 0 Å². The molecule has 0 unspecified atom stereocenters. The van der Waals surface area contributed by atoms with Crippen molar-refractivity contribution in [2.75, 3.05) is 11.9 Å². The number of ether oxygens (including phenoxy) is 1. The Morgan fingerprint density at radius 1 is 1.12 bits per heavy atom. The molecule has 128 valence electrons. The first-order valence-electron chi connectivity index (χ1n) is 8.17. The van der Waals surface area contributed by atoms with E-state index >= 15 is 0 Å². The molecule has 5 nitrogen and oxygen atoms in total. The van der Waals surface area contributed by atoms with Crippen LogP contribution < -0.4 is 10.1 Å². The Morgan fingerprint density at radius 2 is 1.92 bits per heavy atom. The van der Waals surface area contributed by atoms with Crippen LogP contribution in [0.4, 0.5) is 5.82 Å². The van der Waals surface area contributed by atoms with Gasteiger partial charge in [0.05, 0.1) is 12.7 Å². The van der Waals surface area contributed by atoms with Crippen LogP contribution in [0.5, 0.6) is 5.75 Å². The van der Waals surface area contributed by atoms with Crippen molar-refractivity contribution in [2.45, 2.75) is 20.4 Å². The van der Waals surface area contributed by atoms with Crippen molar-refractivity contribution in [3.8, 4) is 5.75 Å². The fourth-order valence-electron chi connectivity index (χ4n) is 2.60. The molecule has 1 aromatic heterocycles. The van der Waals surface area contributed by atoms with Gasteiger partial charge in [0.2, 0.25) is 0 Å². The molecule has 0 aliphatic heterocycles. The van der Waals surface area contributed by atoms with Gasteiger partial charge in [-0.2, -0.15) is 5.10 Å². The number of aryl methyl sites for hydroxylation is 2. The minimum atomic E-state index is -0.213. The topological polar surface area (TPSA) is 56.1 Å². The fraction of sp³-hybridized carbons (Fsp3) is 0.200. The van der Waals surface area contributed by atoms with E-state index in [0.29, 0.717) is 12.4 Å². The quantitative estimate of drug-likeness (QED) is 0.749. The van der Waals surface area contributed by atoms with E-state index in [4.69, 9.17) is 4.74 Å². The molecule has 2 aromatic carbocycles. The van der Waals surface area contributed by atoms with E-state index in [0.717, 1.165) is 16.9 Å². The molecule has 0 fully saturated rings. The first-order valence-corrected chi connectivity index (χ1v) is 8.17. The lowest BCUT2D eigenvalue weighted by Crippen LogP contribution is -2.22. The molecule has 0 atom stereocenters. The summed E-state index contributed by atoms with van der Waals surface area (Å²) in [6.45, 7) is 4.55. The molecule has 3 aromatic rings. The lowest BCUT2D eigenvalue weighted by Gasteiger charge is -2.11.